The fraction of sp³-hybridized carbons (Fsp3) is 0.516. The molecule has 38 heavy (non-hydrogen) atoms. The highest BCUT2D eigenvalue weighted by Crippen LogP contribution is 2.43. The smallest absolute Gasteiger partial charge is 0.407 e. The molecule has 0 bridgehead atoms. The number of carbonyl (C=O) groups is 1. The first kappa shape index (κ1) is 27.5. The van der Waals surface area contributed by atoms with Gasteiger partial charge in [-0.05, 0) is 68.1 Å². The molecule has 7 nitrogen and oxygen atoms in total. The highest BCUT2D eigenvalue weighted by Gasteiger charge is 2.44. The molecular formula is C31H39N5O2. The second kappa shape index (κ2) is 12.8. The van der Waals surface area contributed by atoms with Gasteiger partial charge in [0.2, 0.25) is 0 Å². The Bertz CT molecular complexity index is 1130. The Labute approximate surface area is 227 Å². The number of nitrogens with one attached hydrogen (secondary N) is 1. The van der Waals surface area contributed by atoms with E-state index in [9.17, 15) is 10.1 Å². The van der Waals surface area contributed by atoms with Gasteiger partial charge in [0, 0.05) is 44.7 Å². The molecule has 200 valence electrons. The number of alkyl carbamates (subject to hydrolysis) is 1. The topological polar surface area (TPSA) is 92.4 Å². The standard InChI is InChI=1S/C31H39N5O2/c1-3-7-29(38-30(37)34-2)18-31(23-33,26-8-5-4-6-9-26)27-14-16-35(17-15-27)20-25-21-36(22-25)28-12-10-24(19-32)11-13-28/h4-6,8-13,25,27,29H,3,7,14-18,20-22H2,1-2H3,(H,34,37)/t29-,31?/m1/s1. The first-order chi connectivity index (χ1) is 18.5. The Hall–Kier alpha value is -3.55. The molecule has 2 fully saturated rings. The molecule has 2 aliphatic rings. The van der Waals surface area contributed by atoms with E-state index in [0.717, 1.165) is 64.0 Å². The lowest BCUT2D eigenvalue weighted by Gasteiger charge is -2.46. The van der Waals surface area contributed by atoms with E-state index in [1.165, 1.54) is 5.69 Å². The van der Waals surface area contributed by atoms with E-state index >= 15 is 0 Å². The number of nitrogens with zero attached hydrogens (tertiary/aromatic N) is 4. The molecule has 0 radical (unpaired) electrons. The first-order valence-electron chi connectivity index (χ1n) is 13.8. The number of rotatable bonds is 10. The number of benzene rings is 2. The number of piperidine rings is 1. The van der Waals surface area contributed by atoms with E-state index in [1.807, 2.05) is 42.5 Å². The number of nitriles is 2. The summed E-state index contributed by atoms with van der Waals surface area (Å²) in [7, 11) is 1.57. The zero-order chi connectivity index (χ0) is 27.0. The molecule has 0 aliphatic carbocycles. The Morgan fingerprint density at radius 2 is 1.79 bits per heavy atom. The van der Waals surface area contributed by atoms with Crippen LogP contribution in [-0.4, -0.2) is 56.9 Å². The highest BCUT2D eigenvalue weighted by molar-refractivity contribution is 5.66. The maximum Gasteiger partial charge on any atom is 0.407 e. The molecule has 4 rings (SSSR count). The van der Waals surface area contributed by atoms with Crippen molar-refractivity contribution in [2.75, 3.05) is 44.7 Å². The van der Waals surface area contributed by atoms with Gasteiger partial charge in [0.05, 0.1) is 23.1 Å². The maximum absolute atomic E-state index is 12.1. The summed E-state index contributed by atoms with van der Waals surface area (Å²) in [5.41, 5.74) is 2.21. The van der Waals surface area contributed by atoms with Crippen molar-refractivity contribution in [3.05, 3.63) is 65.7 Å². The summed E-state index contributed by atoms with van der Waals surface area (Å²) in [4.78, 5) is 17.0. The van der Waals surface area contributed by atoms with Crippen molar-refractivity contribution in [3.63, 3.8) is 0 Å². The number of carbonyl (C=O) groups excluding carboxylic acids is 1. The van der Waals surface area contributed by atoms with Gasteiger partial charge in [-0.1, -0.05) is 43.7 Å². The van der Waals surface area contributed by atoms with Crippen LogP contribution in [0.1, 0.15) is 50.2 Å². The third kappa shape index (κ3) is 6.29. The minimum Gasteiger partial charge on any atom is -0.446 e. The molecule has 2 aliphatic heterocycles. The van der Waals surface area contributed by atoms with Crippen LogP contribution < -0.4 is 10.2 Å². The van der Waals surface area contributed by atoms with E-state index < -0.39 is 11.5 Å². The molecule has 0 spiro atoms. The molecule has 1 unspecified atom stereocenters. The normalized spacial score (nSPS) is 18.9. The molecule has 2 aromatic rings. The third-order valence-electron chi connectivity index (χ3n) is 8.25. The zero-order valence-electron chi connectivity index (χ0n) is 22.6. The Morgan fingerprint density at radius 3 is 2.37 bits per heavy atom. The minimum atomic E-state index is -0.690. The summed E-state index contributed by atoms with van der Waals surface area (Å²) >= 11 is 0. The van der Waals surface area contributed by atoms with Gasteiger partial charge < -0.3 is 19.9 Å². The number of likely N-dealkylation sites (tertiary alicyclic amines) is 1. The molecular weight excluding hydrogens is 474 g/mol. The molecule has 2 saturated heterocycles. The van der Waals surface area contributed by atoms with Gasteiger partial charge in [-0.15, -0.1) is 0 Å². The molecule has 2 atom stereocenters. The van der Waals surface area contributed by atoms with E-state index in [1.54, 1.807) is 7.05 Å². The van der Waals surface area contributed by atoms with Crippen LogP contribution in [-0.2, 0) is 10.2 Å². The second-order valence-corrected chi connectivity index (χ2v) is 10.7. The predicted molar refractivity (Wildman–Crippen MR) is 149 cm³/mol. The van der Waals surface area contributed by atoms with Gasteiger partial charge in [-0.25, -0.2) is 4.79 Å². The van der Waals surface area contributed by atoms with E-state index in [-0.39, 0.29) is 12.0 Å². The van der Waals surface area contributed by atoms with Crippen LogP contribution in [0.15, 0.2) is 54.6 Å². The van der Waals surface area contributed by atoms with Crippen LogP contribution >= 0.6 is 0 Å². The maximum atomic E-state index is 12.1. The van der Waals surface area contributed by atoms with Crippen molar-refractivity contribution < 1.29 is 9.53 Å². The number of ether oxygens (including phenoxy) is 1. The van der Waals surface area contributed by atoms with Gasteiger partial charge >= 0.3 is 6.09 Å². The molecule has 7 heteroatoms. The minimum absolute atomic E-state index is 0.204. The fourth-order valence-corrected chi connectivity index (χ4v) is 6.17. The molecule has 1 N–H and O–H groups in total. The van der Waals surface area contributed by atoms with Crippen molar-refractivity contribution in [2.45, 2.75) is 50.5 Å². The molecule has 2 heterocycles. The fourth-order valence-electron chi connectivity index (χ4n) is 6.17. The lowest BCUT2D eigenvalue weighted by molar-refractivity contribution is 0.0578. The Kier molecular flexibility index (Phi) is 9.26. The molecule has 0 saturated carbocycles. The SMILES string of the molecule is CCC[C@H](CC(C#N)(c1ccccc1)C1CCN(CC2CN(c3ccc(C#N)cc3)C2)CC1)OC(=O)NC. The van der Waals surface area contributed by atoms with Crippen LogP contribution in [0.2, 0.25) is 0 Å². The summed E-state index contributed by atoms with van der Waals surface area (Å²) in [5.74, 6) is 0.835. The first-order valence-corrected chi connectivity index (χ1v) is 13.8. The van der Waals surface area contributed by atoms with Crippen LogP contribution in [0, 0.1) is 34.5 Å². The second-order valence-electron chi connectivity index (χ2n) is 10.7. The quantitative estimate of drug-likeness (QED) is 0.476. The number of anilines is 1. The van der Waals surface area contributed by atoms with Crippen molar-refractivity contribution in [3.8, 4) is 12.1 Å². The van der Waals surface area contributed by atoms with Crippen molar-refractivity contribution in [1.29, 1.82) is 10.5 Å². The monoisotopic (exact) mass is 513 g/mol. The Morgan fingerprint density at radius 1 is 1.11 bits per heavy atom. The number of hydrogen-bond acceptors (Lipinski definition) is 6. The van der Waals surface area contributed by atoms with Gasteiger partial charge in [0.25, 0.3) is 0 Å². The Balaban J connectivity index is 1.38. The molecule has 2 aromatic carbocycles. The lowest BCUT2D eigenvalue weighted by atomic mass is 9.64. The highest BCUT2D eigenvalue weighted by atomic mass is 16.6. The van der Waals surface area contributed by atoms with Crippen LogP contribution in [0.3, 0.4) is 0 Å². The summed E-state index contributed by atoms with van der Waals surface area (Å²) < 4.78 is 5.73. The summed E-state index contributed by atoms with van der Waals surface area (Å²) in [6, 6.07) is 22.8. The van der Waals surface area contributed by atoms with E-state index in [4.69, 9.17) is 10.00 Å². The predicted octanol–water partition coefficient (Wildman–Crippen LogP) is 5.08. The number of amides is 1. The van der Waals surface area contributed by atoms with Crippen LogP contribution in [0.25, 0.3) is 0 Å². The van der Waals surface area contributed by atoms with Crippen molar-refractivity contribution in [2.24, 2.45) is 11.8 Å². The van der Waals surface area contributed by atoms with Gasteiger partial charge in [-0.3, -0.25) is 0 Å². The summed E-state index contributed by atoms with van der Waals surface area (Å²) in [5, 5.41) is 22.3. The van der Waals surface area contributed by atoms with Crippen LogP contribution in [0.4, 0.5) is 10.5 Å². The summed E-state index contributed by atoms with van der Waals surface area (Å²) in [6.45, 7) is 7.17. The lowest BCUT2D eigenvalue weighted by Crippen LogP contribution is -2.53. The largest absolute Gasteiger partial charge is 0.446 e. The van der Waals surface area contributed by atoms with Gasteiger partial charge in [0.15, 0.2) is 0 Å². The van der Waals surface area contributed by atoms with E-state index in [2.05, 4.69) is 46.3 Å². The molecule has 1 amide bonds. The average Bonchev–Trinajstić information content (AvgIpc) is 2.94. The van der Waals surface area contributed by atoms with Gasteiger partial charge in [0.1, 0.15) is 6.10 Å². The van der Waals surface area contributed by atoms with E-state index in [0.29, 0.717) is 17.9 Å². The van der Waals surface area contributed by atoms with Crippen molar-refractivity contribution >= 4 is 11.8 Å². The number of hydrogen-bond donors (Lipinski definition) is 1. The van der Waals surface area contributed by atoms with Crippen molar-refractivity contribution in [1.82, 2.24) is 10.2 Å². The zero-order valence-corrected chi connectivity index (χ0v) is 22.6. The average molecular weight is 514 g/mol. The van der Waals surface area contributed by atoms with Crippen LogP contribution in [0.5, 0.6) is 0 Å². The van der Waals surface area contributed by atoms with Gasteiger partial charge in [-0.2, -0.15) is 10.5 Å². The summed E-state index contributed by atoms with van der Waals surface area (Å²) in [6.07, 6.45) is 3.30. The third-order valence-corrected chi connectivity index (χ3v) is 8.25. The molecule has 0 aromatic heterocycles.